The number of carbonyl (C=O) groups excluding carboxylic acids is 2. The topological polar surface area (TPSA) is 95.3 Å². The Morgan fingerprint density at radius 3 is 2.58 bits per heavy atom. The molecule has 0 aliphatic carbocycles. The van der Waals surface area contributed by atoms with Gasteiger partial charge in [0.05, 0.1) is 17.9 Å². The molecule has 4 rings (SSSR count). The molecule has 40 heavy (non-hydrogen) atoms. The zero-order chi connectivity index (χ0) is 29.1. The van der Waals surface area contributed by atoms with Crippen LogP contribution in [-0.2, 0) is 25.5 Å². The number of benzene rings is 1. The molecule has 0 unspecified atom stereocenters. The van der Waals surface area contributed by atoms with E-state index in [0.717, 1.165) is 11.1 Å². The molecule has 3 aromatic rings. The number of nitrogens with one attached hydrogen (secondary N) is 1. The van der Waals surface area contributed by atoms with E-state index in [1.54, 1.807) is 36.4 Å². The number of anilines is 1. The molecule has 10 heteroatoms. The molecule has 2 aromatic heterocycles. The molecule has 2 atom stereocenters. The van der Waals surface area contributed by atoms with Gasteiger partial charge in [0.2, 0.25) is 11.2 Å². The van der Waals surface area contributed by atoms with E-state index >= 15 is 0 Å². The fourth-order valence-electron chi connectivity index (χ4n) is 4.21. The molecule has 208 valence electrons. The molecular formula is C30H30Cl2N4O4. The van der Waals surface area contributed by atoms with Crippen molar-refractivity contribution in [3.8, 4) is 12.8 Å². The summed E-state index contributed by atoms with van der Waals surface area (Å²) in [6.07, 6.45) is 16.8. The molecule has 0 spiro atoms. The lowest BCUT2D eigenvalue weighted by molar-refractivity contribution is -0.147. The third-order valence-electron chi connectivity index (χ3n) is 6.12. The number of ether oxygens (including phenoxy) is 2. The monoisotopic (exact) mass is 580 g/mol. The van der Waals surface area contributed by atoms with Crippen molar-refractivity contribution in [1.82, 2.24) is 14.5 Å². The Morgan fingerprint density at radius 2 is 1.88 bits per heavy atom. The summed E-state index contributed by atoms with van der Waals surface area (Å²) < 4.78 is 13.4. The minimum atomic E-state index is -0.328. The number of terminal acetylenes is 1. The summed E-state index contributed by atoms with van der Waals surface area (Å²) in [5.41, 5.74) is 2.29. The summed E-state index contributed by atoms with van der Waals surface area (Å²) in [4.78, 5) is 33.4. The van der Waals surface area contributed by atoms with Crippen molar-refractivity contribution in [2.75, 3.05) is 11.9 Å². The predicted molar refractivity (Wildman–Crippen MR) is 158 cm³/mol. The largest absolute Gasteiger partial charge is 0.463 e. The summed E-state index contributed by atoms with van der Waals surface area (Å²) in [6.45, 7) is 7.58. The zero-order valence-electron chi connectivity index (χ0n) is 21.9. The number of fused-ring (bicyclic) bond motifs is 1. The lowest BCUT2D eigenvalue weighted by atomic mass is 10.1. The smallest absolute Gasteiger partial charge is 0.310 e. The van der Waals surface area contributed by atoms with Gasteiger partial charge in [-0.05, 0) is 60.2 Å². The van der Waals surface area contributed by atoms with Gasteiger partial charge in [-0.3, -0.25) is 9.59 Å². The Morgan fingerprint density at radius 1 is 1.12 bits per heavy atom. The van der Waals surface area contributed by atoms with Crippen molar-refractivity contribution in [3.63, 3.8) is 0 Å². The van der Waals surface area contributed by atoms with E-state index < -0.39 is 0 Å². The minimum absolute atomic E-state index is 0.0109. The van der Waals surface area contributed by atoms with Crippen LogP contribution in [-0.4, -0.2) is 39.1 Å². The predicted octanol–water partition coefficient (Wildman–Crippen LogP) is 6.47. The summed E-state index contributed by atoms with van der Waals surface area (Å²) in [6, 6.07) is 8.89. The fraction of sp³-hybridized carbons (Fsp3) is 0.267. The maximum atomic E-state index is 12.6. The molecule has 1 aromatic carbocycles. The van der Waals surface area contributed by atoms with Gasteiger partial charge in [0.1, 0.15) is 24.3 Å². The van der Waals surface area contributed by atoms with Gasteiger partial charge < -0.3 is 19.4 Å². The first-order chi connectivity index (χ1) is 19.4. The standard InChI is InChI=1S/C28H28Cl2N4O4.C2H2/c1-3-5-18(4-2)8-12-23(35)31-26-22-14-15-34(27(22)33-28(30)32-26)24-13-11-21(38-24)17-37-25(36)16-19-6-9-20(29)10-7-19;1-2/h3-7,9-10,14-15,21,24H,1-2,8,11-13,16-17H2,(H,31,32,33,35);1-2H/b18-5+;/t21-,24+;/m0./s1. The molecule has 0 radical (unpaired) electrons. The Kier molecular flexibility index (Phi) is 11.5. The molecule has 1 aliphatic heterocycles. The second kappa shape index (κ2) is 15.0. The zero-order valence-corrected chi connectivity index (χ0v) is 23.4. The van der Waals surface area contributed by atoms with Gasteiger partial charge in [0.25, 0.3) is 0 Å². The molecule has 1 amide bonds. The normalized spacial score (nSPS) is 16.6. The highest BCUT2D eigenvalue weighted by molar-refractivity contribution is 6.30. The number of halogens is 2. The number of esters is 1. The third kappa shape index (κ3) is 8.30. The van der Waals surface area contributed by atoms with E-state index in [1.165, 1.54) is 0 Å². The van der Waals surface area contributed by atoms with E-state index in [1.807, 2.05) is 22.9 Å². The number of rotatable bonds is 11. The summed E-state index contributed by atoms with van der Waals surface area (Å²) in [5.74, 6) is -0.198. The lowest BCUT2D eigenvalue weighted by Crippen LogP contribution is -2.20. The minimum Gasteiger partial charge on any atom is -0.463 e. The van der Waals surface area contributed by atoms with Gasteiger partial charge in [0, 0.05) is 17.6 Å². The molecule has 1 saturated heterocycles. The SMILES string of the molecule is C#C.C=C/C=C(\C=C)CCC(=O)Nc1nc(Cl)nc2c1ccn2[C@H]1CC[C@@H](COC(=O)Cc2ccc(Cl)cc2)O1. The number of hydrogen-bond donors (Lipinski definition) is 1. The molecule has 0 saturated carbocycles. The van der Waals surface area contributed by atoms with E-state index in [-0.39, 0.29) is 48.9 Å². The van der Waals surface area contributed by atoms with Crippen molar-refractivity contribution < 1.29 is 19.1 Å². The van der Waals surface area contributed by atoms with Crippen molar-refractivity contribution in [1.29, 1.82) is 0 Å². The number of allylic oxidation sites excluding steroid dienone is 4. The van der Waals surface area contributed by atoms with Gasteiger partial charge in [-0.25, -0.2) is 0 Å². The first-order valence-corrected chi connectivity index (χ1v) is 13.3. The van der Waals surface area contributed by atoms with Gasteiger partial charge >= 0.3 is 5.97 Å². The molecule has 3 heterocycles. The molecule has 1 N–H and O–H groups in total. The number of aromatic nitrogens is 3. The van der Waals surface area contributed by atoms with Crippen molar-refractivity contribution in [2.24, 2.45) is 0 Å². The Hall–Kier alpha value is -3.90. The molecule has 1 fully saturated rings. The first-order valence-electron chi connectivity index (χ1n) is 12.5. The van der Waals surface area contributed by atoms with E-state index in [4.69, 9.17) is 32.7 Å². The van der Waals surface area contributed by atoms with Gasteiger partial charge in [0.15, 0.2) is 0 Å². The van der Waals surface area contributed by atoms with Gasteiger partial charge in [-0.1, -0.05) is 55.1 Å². The van der Waals surface area contributed by atoms with E-state index in [0.29, 0.717) is 41.1 Å². The van der Waals surface area contributed by atoms with Gasteiger partial charge in [-0.2, -0.15) is 9.97 Å². The second-order valence-electron chi connectivity index (χ2n) is 8.81. The van der Waals surface area contributed by atoms with E-state index in [2.05, 4.69) is 41.3 Å². The van der Waals surface area contributed by atoms with Crippen LogP contribution in [0, 0.1) is 12.8 Å². The highest BCUT2D eigenvalue weighted by Gasteiger charge is 2.29. The van der Waals surface area contributed by atoms with Crippen molar-refractivity contribution >= 4 is 51.9 Å². The van der Waals surface area contributed by atoms with Crippen molar-refractivity contribution in [3.05, 3.63) is 89.4 Å². The summed E-state index contributed by atoms with van der Waals surface area (Å²) >= 11 is 12.1. The van der Waals surface area contributed by atoms with Crippen LogP contribution in [0.5, 0.6) is 0 Å². The highest BCUT2D eigenvalue weighted by atomic mass is 35.5. The maximum Gasteiger partial charge on any atom is 0.310 e. The first kappa shape index (κ1) is 30.6. The number of hydrogen-bond acceptors (Lipinski definition) is 6. The fourth-order valence-corrected chi connectivity index (χ4v) is 4.50. The quantitative estimate of drug-likeness (QED) is 0.121. The Labute approximate surface area is 243 Å². The van der Waals surface area contributed by atoms with Crippen LogP contribution < -0.4 is 5.32 Å². The lowest BCUT2D eigenvalue weighted by Gasteiger charge is -2.16. The van der Waals surface area contributed by atoms with Crippen LogP contribution in [0.15, 0.2) is 73.5 Å². The van der Waals surface area contributed by atoms with Crippen LogP contribution in [0.3, 0.4) is 0 Å². The molecule has 1 aliphatic rings. The third-order valence-corrected chi connectivity index (χ3v) is 6.55. The Balaban J connectivity index is 0.00000216. The average Bonchev–Trinajstić information content (AvgIpc) is 3.59. The summed E-state index contributed by atoms with van der Waals surface area (Å²) in [5, 5.41) is 4.11. The van der Waals surface area contributed by atoms with Crippen molar-refractivity contribution in [2.45, 2.75) is 44.4 Å². The average molecular weight is 582 g/mol. The van der Waals surface area contributed by atoms with Crippen LogP contribution >= 0.6 is 23.2 Å². The number of carbonyl (C=O) groups is 2. The number of nitrogens with zero attached hydrogens (tertiary/aromatic N) is 3. The van der Waals surface area contributed by atoms with Crippen LogP contribution in [0.4, 0.5) is 5.82 Å². The molecule has 0 bridgehead atoms. The molecular weight excluding hydrogens is 551 g/mol. The Bertz CT molecular complexity index is 1410. The molecule has 8 nitrogen and oxygen atoms in total. The number of amides is 1. The van der Waals surface area contributed by atoms with E-state index in [9.17, 15) is 9.59 Å². The maximum absolute atomic E-state index is 12.6. The second-order valence-corrected chi connectivity index (χ2v) is 9.58. The highest BCUT2D eigenvalue weighted by Crippen LogP contribution is 2.33. The summed E-state index contributed by atoms with van der Waals surface area (Å²) in [7, 11) is 0. The van der Waals surface area contributed by atoms with Crippen LogP contribution in [0.1, 0.15) is 37.5 Å². The van der Waals surface area contributed by atoms with Crippen LogP contribution in [0.2, 0.25) is 10.3 Å². The van der Waals surface area contributed by atoms with Gasteiger partial charge in [-0.15, -0.1) is 12.8 Å². The van der Waals surface area contributed by atoms with Crippen LogP contribution in [0.25, 0.3) is 11.0 Å².